The number of carbonyl (C=O) groups excluding carboxylic acids is 5. The van der Waals surface area contributed by atoms with E-state index in [0.717, 1.165) is 46.9 Å². The third kappa shape index (κ3) is 12.8. The lowest BCUT2D eigenvalue weighted by Crippen LogP contribution is -2.32. The summed E-state index contributed by atoms with van der Waals surface area (Å²) in [6, 6.07) is 21.8. The average Bonchev–Trinajstić information content (AvgIpc) is 3.51. The van der Waals surface area contributed by atoms with Gasteiger partial charge in [0.15, 0.2) is 6.61 Å². The maximum absolute atomic E-state index is 12.1. The van der Waals surface area contributed by atoms with E-state index < -0.39 is 11.4 Å². The number of benzene rings is 2. The third-order valence-electron chi connectivity index (χ3n) is 8.13. The Morgan fingerprint density at radius 3 is 2.02 bits per heavy atom. The van der Waals surface area contributed by atoms with Crippen molar-refractivity contribution in [1.82, 2.24) is 20.6 Å². The van der Waals surface area contributed by atoms with Gasteiger partial charge in [0.1, 0.15) is 29.9 Å². The standard InChI is InChI=1S/C20H24N2O4S.C19H18N2O4S/c1-3-14-6-9-17(21-11-14)18(24)12-26-16-7-4-15(5-8-16)10-19(27-2)20(25)22-13-23;1-2-12-5-8-15(20-10-12)16(22)11-25-14-6-3-13(4-7-14)9-17-18(23)21-19(24)26-17/h4-9,11,13,18-19,24H,3,10,12H2,1-2H3,(H,22,23,25);3-8,10,17H,2,9,11H2,1H3,(H,21,23,24). The monoisotopic (exact) mass is 758 g/mol. The highest BCUT2D eigenvalue weighted by molar-refractivity contribution is 8.15. The van der Waals surface area contributed by atoms with Crippen LogP contribution in [-0.2, 0) is 40.1 Å². The molecule has 0 bridgehead atoms. The molecule has 1 saturated heterocycles. The Kier molecular flexibility index (Phi) is 16.0. The van der Waals surface area contributed by atoms with Crippen molar-refractivity contribution in [2.24, 2.45) is 0 Å². The molecule has 2 aromatic heterocycles. The number of pyridine rings is 2. The zero-order valence-electron chi connectivity index (χ0n) is 29.7. The number of aromatic nitrogens is 2. The summed E-state index contributed by atoms with van der Waals surface area (Å²) in [5, 5.41) is 13.6. The quantitative estimate of drug-likeness (QED) is 0.0962. The zero-order valence-corrected chi connectivity index (χ0v) is 31.3. The molecule has 53 heavy (non-hydrogen) atoms. The first kappa shape index (κ1) is 40.7. The van der Waals surface area contributed by atoms with Crippen molar-refractivity contribution in [2.75, 3.05) is 19.5 Å². The molecule has 3 unspecified atom stereocenters. The van der Waals surface area contributed by atoms with Gasteiger partial charge in [-0.05, 0) is 90.6 Å². The Morgan fingerprint density at radius 2 is 1.49 bits per heavy atom. The summed E-state index contributed by atoms with van der Waals surface area (Å²) in [6.45, 7) is 4.09. The molecule has 4 amide bonds. The summed E-state index contributed by atoms with van der Waals surface area (Å²) in [5.41, 5.74) is 5.03. The average molecular weight is 759 g/mol. The number of nitrogens with one attached hydrogen (secondary N) is 2. The van der Waals surface area contributed by atoms with Gasteiger partial charge in [0.25, 0.3) is 5.24 Å². The van der Waals surface area contributed by atoms with Gasteiger partial charge in [-0.1, -0.05) is 62.0 Å². The molecule has 278 valence electrons. The first-order valence-electron chi connectivity index (χ1n) is 16.9. The smallest absolute Gasteiger partial charge is 0.286 e. The molecule has 0 saturated carbocycles. The highest BCUT2D eigenvalue weighted by Gasteiger charge is 2.31. The van der Waals surface area contributed by atoms with Crippen LogP contribution in [0, 0.1) is 0 Å². The molecule has 2 aromatic carbocycles. The number of hydrogen-bond acceptors (Lipinski definition) is 12. The third-order valence-corrected chi connectivity index (χ3v) is 10.1. The van der Waals surface area contributed by atoms with Crippen molar-refractivity contribution in [1.29, 1.82) is 0 Å². The van der Waals surface area contributed by atoms with Gasteiger partial charge in [0.05, 0.1) is 16.2 Å². The van der Waals surface area contributed by atoms with Crippen LogP contribution in [0.5, 0.6) is 11.5 Å². The molecule has 0 spiro atoms. The second kappa shape index (κ2) is 20.9. The lowest BCUT2D eigenvalue weighted by Gasteiger charge is -2.14. The van der Waals surface area contributed by atoms with Gasteiger partial charge in [0.2, 0.25) is 24.0 Å². The number of carbonyl (C=O) groups is 5. The lowest BCUT2D eigenvalue weighted by molar-refractivity contribution is -0.125. The molecule has 5 rings (SSSR count). The second-order valence-corrected chi connectivity index (χ2v) is 14.0. The Morgan fingerprint density at radius 1 is 0.887 bits per heavy atom. The molecule has 4 aromatic rings. The number of amides is 4. The van der Waals surface area contributed by atoms with Crippen molar-refractivity contribution in [3.63, 3.8) is 0 Å². The maximum Gasteiger partial charge on any atom is 0.286 e. The molecule has 3 N–H and O–H groups in total. The number of ether oxygens (including phenoxy) is 2. The number of nitrogens with zero attached hydrogens (tertiary/aromatic N) is 2. The number of Topliss-reactive ketones (excluding diaryl/α,β-unsaturated/α-hetero) is 1. The minimum atomic E-state index is -0.802. The normalized spacial score (nSPS) is 14.6. The van der Waals surface area contributed by atoms with Gasteiger partial charge in [-0.15, -0.1) is 0 Å². The SMILES string of the molecule is CCc1ccc(C(=O)COc2ccc(CC3SC(=O)NC3=O)cc2)nc1.CCc1ccc(C(O)COc2ccc(CC(SC)C(=O)NC=O)cc2)nc1. The van der Waals surface area contributed by atoms with Crippen LogP contribution in [0.1, 0.15) is 58.4 Å². The molecular weight excluding hydrogens is 717 g/mol. The molecule has 1 aliphatic rings. The molecule has 1 fully saturated rings. The highest BCUT2D eigenvalue weighted by Crippen LogP contribution is 2.24. The summed E-state index contributed by atoms with van der Waals surface area (Å²) < 4.78 is 11.1. The van der Waals surface area contributed by atoms with Crippen LogP contribution in [0.15, 0.2) is 85.2 Å². The lowest BCUT2D eigenvalue weighted by atomic mass is 10.1. The number of ketones is 1. The fourth-order valence-electron chi connectivity index (χ4n) is 4.96. The van der Waals surface area contributed by atoms with Gasteiger partial charge < -0.3 is 14.6 Å². The van der Waals surface area contributed by atoms with Crippen molar-refractivity contribution < 1.29 is 38.6 Å². The van der Waals surface area contributed by atoms with Gasteiger partial charge >= 0.3 is 0 Å². The van der Waals surface area contributed by atoms with E-state index in [1.807, 2.05) is 55.6 Å². The number of rotatable bonds is 17. The van der Waals surface area contributed by atoms with Crippen LogP contribution < -0.4 is 20.1 Å². The van der Waals surface area contributed by atoms with Crippen molar-refractivity contribution in [2.45, 2.75) is 56.1 Å². The number of thioether (sulfide) groups is 2. The first-order chi connectivity index (χ1) is 25.6. The van der Waals surface area contributed by atoms with Crippen LogP contribution in [0.2, 0.25) is 0 Å². The Labute approximate surface area is 316 Å². The fourth-order valence-corrected chi connectivity index (χ4v) is 6.46. The summed E-state index contributed by atoms with van der Waals surface area (Å²) in [7, 11) is 0. The van der Waals surface area contributed by atoms with Gasteiger partial charge in [-0.2, -0.15) is 11.8 Å². The molecular formula is C39H42N4O8S2. The van der Waals surface area contributed by atoms with Crippen LogP contribution in [0.3, 0.4) is 0 Å². The van der Waals surface area contributed by atoms with E-state index in [1.165, 1.54) is 11.8 Å². The van der Waals surface area contributed by atoms with E-state index in [2.05, 4.69) is 27.5 Å². The number of aliphatic hydroxyl groups is 1. The molecule has 3 atom stereocenters. The second-order valence-electron chi connectivity index (χ2n) is 11.8. The molecule has 3 heterocycles. The van der Waals surface area contributed by atoms with Gasteiger partial charge in [-0.3, -0.25) is 44.6 Å². The summed E-state index contributed by atoms with van der Waals surface area (Å²) >= 11 is 2.39. The van der Waals surface area contributed by atoms with Crippen molar-refractivity contribution >= 4 is 52.8 Å². The van der Waals surface area contributed by atoms with Gasteiger partial charge in [-0.25, -0.2) is 0 Å². The first-order valence-corrected chi connectivity index (χ1v) is 19.1. The van der Waals surface area contributed by atoms with Gasteiger partial charge in [0, 0.05) is 12.4 Å². The van der Waals surface area contributed by atoms with E-state index in [-0.39, 0.29) is 41.3 Å². The zero-order chi connectivity index (χ0) is 38.2. The summed E-state index contributed by atoms with van der Waals surface area (Å²) in [6.07, 6.45) is 7.64. The van der Waals surface area contributed by atoms with Crippen LogP contribution in [0.4, 0.5) is 4.79 Å². The number of aryl methyl sites for hydroxylation is 2. The predicted octanol–water partition coefficient (Wildman–Crippen LogP) is 5.10. The predicted molar refractivity (Wildman–Crippen MR) is 204 cm³/mol. The van der Waals surface area contributed by atoms with E-state index in [1.54, 1.807) is 42.7 Å². The fraction of sp³-hybridized carbons (Fsp3) is 0.308. The highest BCUT2D eigenvalue weighted by atomic mass is 32.2. The molecule has 12 nitrogen and oxygen atoms in total. The number of imide groups is 2. The molecule has 14 heteroatoms. The minimum Gasteiger partial charge on any atom is -0.490 e. The minimum absolute atomic E-state index is 0.0901. The van der Waals surface area contributed by atoms with Crippen molar-refractivity contribution in [3.8, 4) is 11.5 Å². The van der Waals surface area contributed by atoms with E-state index >= 15 is 0 Å². The summed E-state index contributed by atoms with van der Waals surface area (Å²) in [5.74, 6) is 0.442. The topological polar surface area (TPSA) is 174 Å². The molecule has 1 aliphatic heterocycles. The Bertz CT molecular complexity index is 1820. The van der Waals surface area contributed by atoms with Crippen LogP contribution in [0.25, 0.3) is 0 Å². The van der Waals surface area contributed by atoms with Crippen LogP contribution in [-0.4, -0.2) is 74.3 Å². The largest absolute Gasteiger partial charge is 0.490 e. The Balaban J connectivity index is 0.000000237. The van der Waals surface area contributed by atoms with E-state index in [9.17, 15) is 29.1 Å². The Hall–Kier alpha value is -5.05. The van der Waals surface area contributed by atoms with Crippen molar-refractivity contribution in [3.05, 3.63) is 119 Å². The van der Waals surface area contributed by atoms with Crippen LogP contribution >= 0.6 is 23.5 Å². The molecule has 0 radical (unpaired) electrons. The van der Waals surface area contributed by atoms with E-state index in [4.69, 9.17) is 9.47 Å². The summed E-state index contributed by atoms with van der Waals surface area (Å²) in [4.78, 5) is 65.5. The number of aliphatic hydroxyl groups excluding tert-OH is 1. The van der Waals surface area contributed by atoms with E-state index in [0.29, 0.717) is 42.1 Å². The maximum atomic E-state index is 12.1. The number of hydrogen-bond donors (Lipinski definition) is 3. The molecule has 0 aliphatic carbocycles.